The number of pyridine rings is 1. The first-order chi connectivity index (χ1) is 9.15. The molecule has 0 bridgehead atoms. The Labute approximate surface area is 114 Å². The van der Waals surface area contributed by atoms with Gasteiger partial charge in [-0.15, -0.1) is 0 Å². The normalized spacial score (nSPS) is 23.4. The molecule has 5 nitrogen and oxygen atoms in total. The topological polar surface area (TPSA) is 60.6 Å². The van der Waals surface area contributed by atoms with Crippen LogP contribution in [0.4, 0.5) is 11.5 Å². The third-order valence-corrected chi connectivity index (χ3v) is 3.67. The highest BCUT2D eigenvalue weighted by Gasteiger charge is 2.27. The summed E-state index contributed by atoms with van der Waals surface area (Å²) in [5, 5.41) is 0. The standard InChI is InChI=1S/C14H23N3O2/c1-4-19-14-11(15)5-6-13(16-14)17-8-7-10(2)12(9-17)18-3/h5-6,10,12H,4,7-9,15H2,1-3H3. The average Bonchev–Trinajstić information content (AvgIpc) is 2.42. The molecule has 2 atom stereocenters. The lowest BCUT2D eigenvalue weighted by atomic mass is 9.96. The third kappa shape index (κ3) is 3.10. The largest absolute Gasteiger partial charge is 0.476 e. The van der Waals surface area contributed by atoms with Gasteiger partial charge in [0, 0.05) is 20.2 Å². The smallest absolute Gasteiger partial charge is 0.239 e. The molecule has 2 N–H and O–H groups in total. The number of rotatable bonds is 4. The first kappa shape index (κ1) is 13.9. The van der Waals surface area contributed by atoms with Crippen molar-refractivity contribution in [2.75, 3.05) is 37.4 Å². The highest BCUT2D eigenvalue weighted by molar-refractivity contribution is 5.54. The highest BCUT2D eigenvalue weighted by atomic mass is 16.5. The summed E-state index contributed by atoms with van der Waals surface area (Å²) in [6.07, 6.45) is 1.36. The molecule has 2 unspecified atom stereocenters. The van der Waals surface area contributed by atoms with E-state index in [4.69, 9.17) is 15.2 Å². The fourth-order valence-electron chi connectivity index (χ4n) is 2.42. The van der Waals surface area contributed by atoms with Crippen LogP contribution < -0.4 is 15.4 Å². The van der Waals surface area contributed by atoms with Crippen molar-refractivity contribution in [1.29, 1.82) is 0 Å². The van der Waals surface area contributed by atoms with Gasteiger partial charge in [-0.25, -0.2) is 0 Å². The summed E-state index contributed by atoms with van der Waals surface area (Å²) in [7, 11) is 1.77. The number of anilines is 2. The Balaban J connectivity index is 2.15. The van der Waals surface area contributed by atoms with Gasteiger partial charge in [-0.2, -0.15) is 4.98 Å². The number of ether oxygens (including phenoxy) is 2. The van der Waals surface area contributed by atoms with Crippen molar-refractivity contribution in [3.8, 4) is 5.88 Å². The van der Waals surface area contributed by atoms with Crippen molar-refractivity contribution in [3.05, 3.63) is 12.1 Å². The summed E-state index contributed by atoms with van der Waals surface area (Å²) < 4.78 is 11.0. The van der Waals surface area contributed by atoms with Gasteiger partial charge >= 0.3 is 0 Å². The minimum atomic E-state index is 0.253. The molecule has 1 fully saturated rings. The molecule has 1 aliphatic rings. The van der Waals surface area contributed by atoms with Crippen molar-refractivity contribution in [2.45, 2.75) is 26.4 Å². The number of hydrogen-bond acceptors (Lipinski definition) is 5. The first-order valence-electron chi connectivity index (χ1n) is 6.82. The Kier molecular flexibility index (Phi) is 4.47. The summed E-state index contributed by atoms with van der Waals surface area (Å²) in [5.74, 6) is 2.01. The zero-order chi connectivity index (χ0) is 13.8. The number of methoxy groups -OCH3 is 1. The van der Waals surface area contributed by atoms with Gasteiger partial charge in [0.15, 0.2) is 0 Å². The van der Waals surface area contributed by atoms with Gasteiger partial charge in [-0.3, -0.25) is 0 Å². The van der Waals surface area contributed by atoms with E-state index in [0.29, 0.717) is 24.1 Å². The van der Waals surface area contributed by atoms with E-state index in [1.807, 2.05) is 19.1 Å². The molecule has 0 saturated carbocycles. The zero-order valence-electron chi connectivity index (χ0n) is 11.9. The Morgan fingerprint density at radius 3 is 2.95 bits per heavy atom. The molecular weight excluding hydrogens is 242 g/mol. The van der Waals surface area contributed by atoms with Gasteiger partial charge in [0.25, 0.3) is 0 Å². The monoisotopic (exact) mass is 265 g/mol. The first-order valence-corrected chi connectivity index (χ1v) is 6.82. The molecule has 1 aliphatic heterocycles. The molecule has 19 heavy (non-hydrogen) atoms. The maximum Gasteiger partial charge on any atom is 0.239 e. The van der Waals surface area contributed by atoms with E-state index in [2.05, 4.69) is 16.8 Å². The minimum Gasteiger partial charge on any atom is -0.476 e. The summed E-state index contributed by atoms with van der Waals surface area (Å²) in [6.45, 7) is 6.58. The lowest BCUT2D eigenvalue weighted by molar-refractivity contribution is 0.0496. The zero-order valence-corrected chi connectivity index (χ0v) is 11.9. The fourth-order valence-corrected chi connectivity index (χ4v) is 2.42. The molecule has 2 rings (SSSR count). The molecule has 0 aliphatic carbocycles. The van der Waals surface area contributed by atoms with Gasteiger partial charge in [0.2, 0.25) is 5.88 Å². The average molecular weight is 265 g/mol. The molecule has 1 aromatic rings. The van der Waals surface area contributed by atoms with E-state index < -0.39 is 0 Å². The quantitative estimate of drug-likeness (QED) is 0.901. The molecule has 106 valence electrons. The van der Waals surface area contributed by atoms with E-state index >= 15 is 0 Å². The number of nitrogen functional groups attached to an aromatic ring is 1. The minimum absolute atomic E-state index is 0.253. The van der Waals surface area contributed by atoms with Gasteiger partial charge < -0.3 is 20.1 Å². The van der Waals surface area contributed by atoms with Gasteiger partial charge in [0.05, 0.1) is 18.4 Å². The van der Waals surface area contributed by atoms with Crippen LogP contribution in [0.5, 0.6) is 5.88 Å². The van der Waals surface area contributed by atoms with E-state index in [-0.39, 0.29) is 6.10 Å². The molecule has 0 radical (unpaired) electrons. The van der Waals surface area contributed by atoms with Crippen LogP contribution in [0.1, 0.15) is 20.3 Å². The molecule has 5 heteroatoms. The van der Waals surface area contributed by atoms with E-state index in [1.54, 1.807) is 7.11 Å². The van der Waals surface area contributed by atoms with Crippen LogP contribution in [0.2, 0.25) is 0 Å². The molecule has 1 saturated heterocycles. The fraction of sp³-hybridized carbons (Fsp3) is 0.643. The molecule has 1 aromatic heterocycles. The molecule has 0 aromatic carbocycles. The van der Waals surface area contributed by atoms with Gasteiger partial charge in [-0.1, -0.05) is 6.92 Å². The number of aromatic nitrogens is 1. The van der Waals surface area contributed by atoms with Crippen LogP contribution in [0.25, 0.3) is 0 Å². The second-order valence-corrected chi connectivity index (χ2v) is 4.98. The molecular formula is C14H23N3O2. The van der Waals surface area contributed by atoms with Crippen molar-refractivity contribution < 1.29 is 9.47 Å². The van der Waals surface area contributed by atoms with Crippen LogP contribution in [-0.4, -0.2) is 37.9 Å². The van der Waals surface area contributed by atoms with Crippen molar-refractivity contribution in [1.82, 2.24) is 4.98 Å². The van der Waals surface area contributed by atoms with E-state index in [0.717, 1.165) is 25.3 Å². The van der Waals surface area contributed by atoms with Crippen molar-refractivity contribution in [3.63, 3.8) is 0 Å². The lowest BCUT2D eigenvalue weighted by Gasteiger charge is -2.37. The highest BCUT2D eigenvalue weighted by Crippen LogP contribution is 2.27. The second kappa shape index (κ2) is 6.10. The van der Waals surface area contributed by atoms with E-state index in [1.165, 1.54) is 0 Å². The molecule has 2 heterocycles. The van der Waals surface area contributed by atoms with Crippen LogP contribution in [0.3, 0.4) is 0 Å². The van der Waals surface area contributed by atoms with Crippen LogP contribution in [0, 0.1) is 5.92 Å². The second-order valence-electron chi connectivity index (χ2n) is 4.98. The predicted molar refractivity (Wildman–Crippen MR) is 76.6 cm³/mol. The van der Waals surface area contributed by atoms with Gasteiger partial charge in [0.1, 0.15) is 5.82 Å². The van der Waals surface area contributed by atoms with Crippen molar-refractivity contribution in [2.24, 2.45) is 5.92 Å². The summed E-state index contributed by atoms with van der Waals surface area (Å²) >= 11 is 0. The van der Waals surface area contributed by atoms with Crippen LogP contribution >= 0.6 is 0 Å². The third-order valence-electron chi connectivity index (χ3n) is 3.67. The van der Waals surface area contributed by atoms with Crippen LogP contribution in [0.15, 0.2) is 12.1 Å². The Bertz CT molecular complexity index is 425. The molecule has 0 amide bonds. The maximum atomic E-state index is 5.85. The summed E-state index contributed by atoms with van der Waals surface area (Å²) in [6, 6.07) is 3.80. The van der Waals surface area contributed by atoms with Gasteiger partial charge in [-0.05, 0) is 31.4 Å². The summed E-state index contributed by atoms with van der Waals surface area (Å²) in [5.41, 5.74) is 6.43. The SMILES string of the molecule is CCOc1nc(N2CCC(C)C(OC)C2)ccc1N. The van der Waals surface area contributed by atoms with Crippen LogP contribution in [-0.2, 0) is 4.74 Å². The summed E-state index contributed by atoms with van der Waals surface area (Å²) in [4.78, 5) is 6.73. The van der Waals surface area contributed by atoms with Crippen molar-refractivity contribution >= 4 is 11.5 Å². The lowest BCUT2D eigenvalue weighted by Crippen LogP contribution is -2.44. The number of hydrogen-bond donors (Lipinski definition) is 1. The molecule has 0 spiro atoms. The number of nitrogens with two attached hydrogens (primary N) is 1. The number of piperidine rings is 1. The number of nitrogens with zero attached hydrogens (tertiary/aromatic N) is 2. The van der Waals surface area contributed by atoms with E-state index in [9.17, 15) is 0 Å². The maximum absolute atomic E-state index is 5.85. The predicted octanol–water partition coefficient (Wildman–Crippen LogP) is 1.92. The Hall–Kier alpha value is -1.49. The Morgan fingerprint density at radius 1 is 1.47 bits per heavy atom. The Morgan fingerprint density at radius 2 is 2.26 bits per heavy atom.